The third-order valence-corrected chi connectivity index (χ3v) is 3.95. The molecule has 0 radical (unpaired) electrons. The van der Waals surface area contributed by atoms with E-state index in [2.05, 4.69) is 10.3 Å². The van der Waals surface area contributed by atoms with Crippen LogP contribution in [0.25, 0.3) is 0 Å². The fraction of sp³-hybridized carbons (Fsp3) is 0.235. The Morgan fingerprint density at radius 1 is 1.29 bits per heavy atom. The van der Waals surface area contributed by atoms with E-state index in [-0.39, 0.29) is 12.5 Å². The second kappa shape index (κ2) is 6.66. The Balaban J connectivity index is 1.81. The van der Waals surface area contributed by atoms with Gasteiger partial charge in [-0.15, -0.1) is 0 Å². The number of carboxylic acids is 1. The highest BCUT2D eigenvalue weighted by atomic mass is 19.1. The summed E-state index contributed by atoms with van der Waals surface area (Å²) in [6, 6.07) is 9.10. The number of likely N-dealkylation sites (tertiary alicyclic amines) is 1. The van der Waals surface area contributed by atoms with Gasteiger partial charge in [0.1, 0.15) is 11.6 Å². The van der Waals surface area contributed by atoms with Crippen LogP contribution in [0.1, 0.15) is 16.8 Å². The van der Waals surface area contributed by atoms with E-state index in [0.717, 1.165) is 0 Å². The molecule has 124 valence electrons. The molecule has 1 saturated heterocycles. The third kappa shape index (κ3) is 3.34. The molecule has 3 rings (SSSR count). The summed E-state index contributed by atoms with van der Waals surface area (Å²) in [4.78, 5) is 29.4. The van der Waals surface area contributed by atoms with Crippen LogP contribution in [0.2, 0.25) is 0 Å². The number of aromatic nitrogens is 1. The van der Waals surface area contributed by atoms with Gasteiger partial charge in [0, 0.05) is 25.0 Å². The molecular formula is C17H16FN3O3. The molecule has 0 spiro atoms. The molecule has 24 heavy (non-hydrogen) atoms. The van der Waals surface area contributed by atoms with Crippen molar-refractivity contribution < 1.29 is 19.1 Å². The third-order valence-electron chi connectivity index (χ3n) is 3.95. The van der Waals surface area contributed by atoms with Crippen molar-refractivity contribution in [3.8, 4) is 0 Å². The van der Waals surface area contributed by atoms with Crippen LogP contribution < -0.4 is 5.32 Å². The van der Waals surface area contributed by atoms with E-state index in [1.54, 1.807) is 24.3 Å². The molecule has 1 aromatic heterocycles. The molecule has 0 unspecified atom stereocenters. The lowest BCUT2D eigenvalue weighted by Gasteiger charge is -2.18. The highest BCUT2D eigenvalue weighted by Crippen LogP contribution is 2.24. The number of hydrogen-bond acceptors (Lipinski definition) is 4. The standard InChI is InChI=1S/C17H16FN3O3/c18-12-3-1-4-13(9-12)20-15-14(5-2-7-19-15)16(22)21-8-6-11(10-21)17(23)24/h1-5,7,9,11H,6,8,10H2,(H,19,20)(H,23,24)/t11-/m1/s1. The van der Waals surface area contributed by atoms with Crippen molar-refractivity contribution in [2.24, 2.45) is 5.92 Å². The molecule has 2 aromatic rings. The number of halogens is 1. The monoisotopic (exact) mass is 329 g/mol. The molecule has 2 N–H and O–H groups in total. The zero-order chi connectivity index (χ0) is 17.1. The number of benzene rings is 1. The lowest BCUT2D eigenvalue weighted by molar-refractivity contribution is -0.141. The Morgan fingerprint density at radius 2 is 2.12 bits per heavy atom. The van der Waals surface area contributed by atoms with Gasteiger partial charge in [0.25, 0.3) is 5.91 Å². The van der Waals surface area contributed by atoms with E-state index in [1.165, 1.54) is 23.2 Å². The smallest absolute Gasteiger partial charge is 0.308 e. The first kappa shape index (κ1) is 15.9. The van der Waals surface area contributed by atoms with Crippen molar-refractivity contribution in [3.63, 3.8) is 0 Å². The van der Waals surface area contributed by atoms with E-state index in [0.29, 0.717) is 30.0 Å². The number of carbonyl (C=O) groups excluding carboxylic acids is 1. The molecule has 1 aromatic carbocycles. The Labute approximate surface area is 137 Å². The zero-order valence-electron chi connectivity index (χ0n) is 12.8. The van der Waals surface area contributed by atoms with E-state index in [1.807, 2.05) is 0 Å². The zero-order valence-corrected chi connectivity index (χ0v) is 12.8. The predicted octanol–water partition coefficient (Wildman–Crippen LogP) is 2.51. The molecular weight excluding hydrogens is 313 g/mol. The minimum Gasteiger partial charge on any atom is -0.481 e. The van der Waals surface area contributed by atoms with Gasteiger partial charge >= 0.3 is 5.97 Å². The highest BCUT2D eigenvalue weighted by Gasteiger charge is 2.32. The van der Waals surface area contributed by atoms with E-state index in [9.17, 15) is 14.0 Å². The first-order valence-corrected chi connectivity index (χ1v) is 7.54. The molecule has 1 amide bonds. The lowest BCUT2D eigenvalue weighted by Crippen LogP contribution is -2.30. The lowest BCUT2D eigenvalue weighted by atomic mass is 10.1. The van der Waals surface area contributed by atoms with Gasteiger partial charge in [0.15, 0.2) is 0 Å². The fourth-order valence-electron chi connectivity index (χ4n) is 2.70. The maximum atomic E-state index is 13.3. The minimum absolute atomic E-state index is 0.183. The normalized spacial score (nSPS) is 16.9. The summed E-state index contributed by atoms with van der Waals surface area (Å²) in [5.41, 5.74) is 0.806. The van der Waals surface area contributed by atoms with Crippen LogP contribution in [0.15, 0.2) is 42.6 Å². The number of aliphatic carboxylic acids is 1. The molecule has 0 saturated carbocycles. The Kier molecular flexibility index (Phi) is 4.41. The molecule has 1 aliphatic heterocycles. The summed E-state index contributed by atoms with van der Waals surface area (Å²) in [5, 5.41) is 12.0. The van der Waals surface area contributed by atoms with Gasteiger partial charge < -0.3 is 15.3 Å². The summed E-state index contributed by atoms with van der Waals surface area (Å²) in [6.45, 7) is 0.576. The number of hydrogen-bond donors (Lipinski definition) is 2. The number of carboxylic acid groups (broad SMARTS) is 1. The summed E-state index contributed by atoms with van der Waals surface area (Å²) < 4.78 is 13.3. The van der Waals surface area contributed by atoms with Gasteiger partial charge in [-0.05, 0) is 36.8 Å². The summed E-state index contributed by atoms with van der Waals surface area (Å²) in [7, 11) is 0. The first-order chi connectivity index (χ1) is 11.5. The number of nitrogens with one attached hydrogen (secondary N) is 1. The molecule has 1 atom stereocenters. The molecule has 7 heteroatoms. The summed E-state index contributed by atoms with van der Waals surface area (Å²) in [5.74, 6) is -1.80. The highest BCUT2D eigenvalue weighted by molar-refractivity contribution is 5.99. The molecule has 6 nitrogen and oxygen atoms in total. The van der Waals surface area contributed by atoms with Crippen LogP contribution in [0, 0.1) is 11.7 Å². The quantitative estimate of drug-likeness (QED) is 0.900. The van der Waals surface area contributed by atoms with Crippen molar-refractivity contribution in [1.29, 1.82) is 0 Å². The van der Waals surface area contributed by atoms with Crippen LogP contribution in [-0.2, 0) is 4.79 Å². The Morgan fingerprint density at radius 3 is 2.83 bits per heavy atom. The molecule has 1 aliphatic rings. The summed E-state index contributed by atoms with van der Waals surface area (Å²) >= 11 is 0. The van der Waals surface area contributed by atoms with Crippen LogP contribution in [-0.4, -0.2) is 40.0 Å². The van der Waals surface area contributed by atoms with Crippen LogP contribution in [0.4, 0.5) is 15.9 Å². The summed E-state index contributed by atoms with van der Waals surface area (Å²) in [6.07, 6.45) is 1.97. The van der Waals surface area contributed by atoms with Crippen molar-refractivity contribution in [2.75, 3.05) is 18.4 Å². The van der Waals surface area contributed by atoms with Crippen molar-refractivity contribution in [3.05, 3.63) is 54.0 Å². The van der Waals surface area contributed by atoms with Gasteiger partial charge in [0.2, 0.25) is 0 Å². The number of nitrogens with zero attached hydrogens (tertiary/aromatic N) is 2. The van der Waals surface area contributed by atoms with E-state index >= 15 is 0 Å². The maximum Gasteiger partial charge on any atom is 0.308 e. The van der Waals surface area contributed by atoms with Gasteiger partial charge in [-0.25, -0.2) is 9.37 Å². The molecule has 0 bridgehead atoms. The average Bonchev–Trinajstić information content (AvgIpc) is 3.05. The minimum atomic E-state index is -0.894. The maximum absolute atomic E-state index is 13.3. The molecule has 0 aliphatic carbocycles. The van der Waals surface area contributed by atoms with Crippen LogP contribution in [0.3, 0.4) is 0 Å². The number of carbonyl (C=O) groups is 2. The van der Waals surface area contributed by atoms with Crippen LogP contribution >= 0.6 is 0 Å². The fourth-order valence-corrected chi connectivity index (χ4v) is 2.70. The van der Waals surface area contributed by atoms with Crippen LogP contribution in [0.5, 0.6) is 0 Å². The van der Waals surface area contributed by atoms with Gasteiger partial charge in [-0.2, -0.15) is 0 Å². The number of amides is 1. The van der Waals surface area contributed by atoms with E-state index < -0.39 is 17.7 Å². The predicted molar refractivity (Wildman–Crippen MR) is 85.6 cm³/mol. The Hall–Kier alpha value is -2.96. The molecule has 1 fully saturated rings. The average molecular weight is 329 g/mol. The largest absolute Gasteiger partial charge is 0.481 e. The first-order valence-electron chi connectivity index (χ1n) is 7.54. The van der Waals surface area contributed by atoms with Crippen molar-refractivity contribution in [1.82, 2.24) is 9.88 Å². The number of anilines is 2. The molecule has 2 heterocycles. The Bertz CT molecular complexity index is 781. The van der Waals surface area contributed by atoms with Gasteiger partial charge in [-0.1, -0.05) is 6.07 Å². The van der Waals surface area contributed by atoms with Crippen molar-refractivity contribution in [2.45, 2.75) is 6.42 Å². The second-order valence-electron chi connectivity index (χ2n) is 5.61. The van der Waals surface area contributed by atoms with Gasteiger partial charge in [-0.3, -0.25) is 9.59 Å². The number of rotatable bonds is 4. The van der Waals surface area contributed by atoms with Crippen molar-refractivity contribution >= 4 is 23.4 Å². The van der Waals surface area contributed by atoms with Gasteiger partial charge in [0.05, 0.1) is 11.5 Å². The SMILES string of the molecule is O=C(O)[C@@H]1CCN(C(=O)c2cccnc2Nc2cccc(F)c2)C1. The second-order valence-corrected chi connectivity index (χ2v) is 5.61. The number of pyridine rings is 1. The topological polar surface area (TPSA) is 82.5 Å². The van der Waals surface area contributed by atoms with E-state index in [4.69, 9.17) is 5.11 Å².